The summed E-state index contributed by atoms with van der Waals surface area (Å²) in [5.74, 6) is -3.28. The Bertz CT molecular complexity index is 1690. The fraction of sp³-hybridized carbons (Fsp3) is 0.375. The third-order valence-corrected chi connectivity index (χ3v) is 7.32. The number of carbonyl (C=O) groups is 3. The first-order valence-corrected chi connectivity index (χ1v) is 15.3. The minimum atomic E-state index is -5.02. The molecular weight excluding hydrogens is 638 g/mol. The van der Waals surface area contributed by atoms with Crippen LogP contribution in [0.3, 0.4) is 0 Å². The summed E-state index contributed by atoms with van der Waals surface area (Å²) in [7, 11) is -5.02. The van der Waals surface area contributed by atoms with E-state index in [-0.39, 0.29) is 16.6 Å². The van der Waals surface area contributed by atoms with Crippen molar-refractivity contribution in [1.29, 1.82) is 0 Å². The summed E-state index contributed by atoms with van der Waals surface area (Å²) in [6.07, 6.45) is 3.93. The monoisotopic (exact) mass is 667 g/mol. The zero-order valence-corrected chi connectivity index (χ0v) is 25.4. The van der Waals surface area contributed by atoms with Crippen molar-refractivity contribution in [3.63, 3.8) is 0 Å². The number of aryl methyl sites for hydroxylation is 1. The second kappa shape index (κ2) is 13.5. The Balaban J connectivity index is 1.44. The Morgan fingerprint density at radius 3 is 2.62 bits per heavy atom. The first-order chi connectivity index (χ1) is 21.2. The van der Waals surface area contributed by atoms with Crippen LogP contribution < -0.4 is 21.5 Å². The maximum absolute atomic E-state index is 13.2. The highest BCUT2D eigenvalue weighted by atomic mass is 32.3. The van der Waals surface area contributed by atoms with Crippen LogP contribution in [0.2, 0.25) is 0 Å². The van der Waals surface area contributed by atoms with Crippen LogP contribution in [0.1, 0.15) is 26.0 Å². The quantitative estimate of drug-likeness (QED) is 0.0587. The third-order valence-electron chi connectivity index (χ3n) is 6.31. The van der Waals surface area contributed by atoms with E-state index >= 15 is 0 Å². The molecule has 3 aromatic rings. The number of oxime groups is 1. The summed E-state index contributed by atoms with van der Waals surface area (Å²) in [5.41, 5.74) is 10.5. The molecule has 4 rings (SSSR count). The van der Waals surface area contributed by atoms with Gasteiger partial charge in [0.1, 0.15) is 24.1 Å². The number of carboxylic acid groups (broad SMARTS) is 1. The number of aliphatic carboxylic acids is 1. The lowest BCUT2D eigenvalue weighted by Crippen LogP contribution is -2.76. The summed E-state index contributed by atoms with van der Waals surface area (Å²) in [6, 6.07) is 1.90. The van der Waals surface area contributed by atoms with E-state index in [1.165, 1.54) is 25.4 Å². The molecule has 21 heteroatoms. The number of aromatic nitrogens is 4. The van der Waals surface area contributed by atoms with Crippen molar-refractivity contribution in [3.05, 3.63) is 41.8 Å². The average molecular weight is 668 g/mol. The molecule has 0 bridgehead atoms. The maximum Gasteiger partial charge on any atom is 0.418 e. The molecule has 0 saturated carbocycles. The van der Waals surface area contributed by atoms with E-state index in [2.05, 4.69) is 29.8 Å². The highest BCUT2D eigenvalue weighted by Gasteiger charge is 2.58. The molecule has 3 aromatic heterocycles. The van der Waals surface area contributed by atoms with Crippen molar-refractivity contribution in [2.75, 3.05) is 18.9 Å². The van der Waals surface area contributed by atoms with Gasteiger partial charge >= 0.3 is 16.4 Å². The normalized spacial score (nSPS) is 17.0. The van der Waals surface area contributed by atoms with Gasteiger partial charge in [0.05, 0.1) is 23.6 Å². The highest BCUT2D eigenvalue weighted by molar-refractivity contribution is 7.80. The van der Waals surface area contributed by atoms with Crippen LogP contribution in [0.25, 0.3) is 11.3 Å². The number of rotatable bonds is 15. The predicted octanol–water partition coefficient (Wildman–Crippen LogP) is -0.574. The van der Waals surface area contributed by atoms with Crippen molar-refractivity contribution in [3.8, 4) is 17.0 Å². The molecule has 0 spiro atoms. The number of β-lactam (4-membered cyclic amide) rings is 1. The number of nitrogens with zero attached hydrogens (tertiary/aromatic N) is 6. The van der Waals surface area contributed by atoms with Crippen LogP contribution in [0.4, 0.5) is 5.13 Å². The SMILES string of the molecule is CC1(C)[C@H](NC(=O)/C(=N\O[C@@H](COc2ccc(-c3cnn(CCCN)c3)nc2)C(=O)O)c2csc(N)n2)C(=O)N1OS(=O)(=O)O. The molecule has 1 saturated heterocycles. The van der Waals surface area contributed by atoms with Gasteiger partial charge < -0.3 is 31.5 Å². The Hall–Kier alpha value is -4.70. The fourth-order valence-corrected chi connectivity index (χ4v) is 4.96. The summed E-state index contributed by atoms with van der Waals surface area (Å²) in [6.45, 7) is 3.37. The van der Waals surface area contributed by atoms with Gasteiger partial charge in [-0.3, -0.25) is 23.8 Å². The Morgan fingerprint density at radius 1 is 1.29 bits per heavy atom. The van der Waals surface area contributed by atoms with Crippen molar-refractivity contribution < 1.29 is 46.3 Å². The molecule has 1 aliphatic heterocycles. The van der Waals surface area contributed by atoms with Crippen molar-refractivity contribution in [1.82, 2.24) is 30.1 Å². The van der Waals surface area contributed by atoms with Gasteiger partial charge in [0.25, 0.3) is 17.9 Å². The molecule has 0 aliphatic carbocycles. The van der Waals surface area contributed by atoms with Gasteiger partial charge in [0.15, 0.2) is 10.8 Å². The summed E-state index contributed by atoms with van der Waals surface area (Å²) < 4.78 is 42.6. The molecule has 1 fully saturated rings. The molecule has 0 aromatic carbocycles. The van der Waals surface area contributed by atoms with E-state index < -0.39 is 58.2 Å². The van der Waals surface area contributed by atoms with Gasteiger partial charge in [-0.2, -0.15) is 18.6 Å². The number of hydrogen-bond donors (Lipinski definition) is 5. The van der Waals surface area contributed by atoms with Gasteiger partial charge in [-0.05, 0) is 38.9 Å². The van der Waals surface area contributed by atoms with Gasteiger partial charge in [0, 0.05) is 23.7 Å². The molecule has 242 valence electrons. The van der Waals surface area contributed by atoms with E-state index in [1.54, 1.807) is 23.0 Å². The maximum atomic E-state index is 13.2. The number of nitrogens with one attached hydrogen (secondary N) is 1. The van der Waals surface area contributed by atoms with Crippen LogP contribution in [-0.4, -0.2) is 97.2 Å². The summed E-state index contributed by atoms with van der Waals surface area (Å²) in [5, 5.41) is 21.7. The summed E-state index contributed by atoms with van der Waals surface area (Å²) >= 11 is 0.950. The van der Waals surface area contributed by atoms with Crippen LogP contribution >= 0.6 is 11.3 Å². The van der Waals surface area contributed by atoms with Crippen LogP contribution in [0.15, 0.2) is 41.3 Å². The first-order valence-electron chi connectivity index (χ1n) is 13.0. The van der Waals surface area contributed by atoms with E-state index in [1.807, 2.05) is 6.20 Å². The number of carbonyl (C=O) groups excluding carboxylic acids is 2. The predicted molar refractivity (Wildman–Crippen MR) is 156 cm³/mol. The number of anilines is 1. The largest absolute Gasteiger partial charge is 0.487 e. The average Bonchev–Trinajstić information content (AvgIpc) is 3.64. The standard InChI is InChI=1S/C24H29N9O10S2/c1-24(2)19(21(35)33(24)43-45(38,39)40)30-20(34)18(16-12-44-23(26)29-16)31-42-17(22(36)37)11-41-14-4-5-15(27-9-14)13-8-28-32(10-13)7-3-6-25/h4-5,8-10,12,17,19H,3,6-7,11,25H2,1-2H3,(H2,26,29)(H,30,34)(H,36,37)(H,38,39,40)/b31-18-/t17-,19+/m0/s1. The van der Waals surface area contributed by atoms with Gasteiger partial charge in [-0.15, -0.1) is 15.6 Å². The Morgan fingerprint density at radius 2 is 2.04 bits per heavy atom. The molecule has 4 heterocycles. The molecule has 0 unspecified atom stereocenters. The zero-order valence-electron chi connectivity index (χ0n) is 23.8. The number of nitrogen functional groups attached to an aromatic ring is 1. The Kier molecular flexibility index (Phi) is 9.97. The van der Waals surface area contributed by atoms with Crippen molar-refractivity contribution in [2.24, 2.45) is 10.9 Å². The number of hydrogen-bond acceptors (Lipinski definition) is 15. The number of ether oxygens (including phenoxy) is 1. The van der Waals surface area contributed by atoms with E-state index in [9.17, 15) is 27.9 Å². The topological polar surface area (TPSA) is 277 Å². The minimum absolute atomic E-state index is 0.0512. The van der Waals surface area contributed by atoms with Crippen molar-refractivity contribution >= 4 is 50.4 Å². The zero-order chi connectivity index (χ0) is 32.9. The minimum Gasteiger partial charge on any atom is -0.487 e. The second-order valence-electron chi connectivity index (χ2n) is 9.96. The van der Waals surface area contributed by atoms with Crippen LogP contribution in [-0.2, 0) is 40.4 Å². The van der Waals surface area contributed by atoms with Gasteiger partial charge in [0.2, 0.25) is 0 Å². The highest BCUT2D eigenvalue weighted by Crippen LogP contribution is 2.33. The Labute approximate surface area is 259 Å². The number of pyridine rings is 1. The van der Waals surface area contributed by atoms with E-state index in [0.29, 0.717) is 23.8 Å². The van der Waals surface area contributed by atoms with E-state index in [0.717, 1.165) is 23.3 Å². The number of carboxylic acids is 1. The molecule has 1 aliphatic rings. The lowest BCUT2D eigenvalue weighted by atomic mass is 9.84. The smallest absolute Gasteiger partial charge is 0.418 e. The number of hydroxylamine groups is 2. The first kappa shape index (κ1) is 33.2. The fourth-order valence-electron chi connectivity index (χ4n) is 3.96. The van der Waals surface area contributed by atoms with Gasteiger partial charge in [-0.1, -0.05) is 5.16 Å². The second-order valence-corrected chi connectivity index (χ2v) is 11.9. The van der Waals surface area contributed by atoms with Crippen LogP contribution in [0.5, 0.6) is 5.75 Å². The molecule has 2 atom stereocenters. The molecule has 45 heavy (non-hydrogen) atoms. The molecule has 2 amide bonds. The van der Waals surface area contributed by atoms with Crippen LogP contribution in [0, 0.1) is 0 Å². The lowest BCUT2D eigenvalue weighted by molar-refractivity contribution is -0.218. The lowest BCUT2D eigenvalue weighted by Gasteiger charge is -2.50. The molecule has 0 radical (unpaired) electrons. The molecule has 19 nitrogen and oxygen atoms in total. The molecular formula is C24H29N9O10S2. The number of amides is 2. The summed E-state index contributed by atoms with van der Waals surface area (Å²) in [4.78, 5) is 51.0. The number of nitrogens with two attached hydrogens (primary N) is 2. The van der Waals surface area contributed by atoms with Gasteiger partial charge in [-0.25, -0.2) is 9.78 Å². The van der Waals surface area contributed by atoms with E-state index in [4.69, 9.17) is 25.6 Å². The third kappa shape index (κ3) is 8.07. The number of thiazole rings is 1. The van der Waals surface area contributed by atoms with Crippen molar-refractivity contribution in [2.45, 2.75) is 44.5 Å². The molecule has 7 N–H and O–H groups in total.